The van der Waals surface area contributed by atoms with E-state index in [1.807, 2.05) is 32.9 Å². The van der Waals surface area contributed by atoms with Gasteiger partial charge in [0.2, 0.25) is 0 Å². The molecular formula is C16H24N2O3S. The van der Waals surface area contributed by atoms with E-state index in [9.17, 15) is 13.2 Å². The molecule has 6 heteroatoms. The lowest BCUT2D eigenvalue weighted by atomic mass is 10.0. The van der Waals surface area contributed by atoms with E-state index in [0.717, 1.165) is 24.0 Å². The molecule has 1 aromatic carbocycles. The summed E-state index contributed by atoms with van der Waals surface area (Å²) in [4.78, 5) is 12.3. The van der Waals surface area contributed by atoms with E-state index in [2.05, 4.69) is 4.72 Å². The number of carbonyl (C=O) groups is 1. The highest BCUT2D eigenvalue weighted by molar-refractivity contribution is 7.87. The van der Waals surface area contributed by atoms with Crippen molar-refractivity contribution in [2.24, 2.45) is 5.92 Å². The molecular weight excluding hydrogens is 300 g/mol. The van der Waals surface area contributed by atoms with E-state index in [1.54, 1.807) is 6.07 Å². The third-order valence-electron chi connectivity index (χ3n) is 3.96. The number of Topliss-reactive ketones (excluding diaryl/α,β-unsaturated/α-hetero) is 1. The molecule has 122 valence electrons. The van der Waals surface area contributed by atoms with E-state index in [0.29, 0.717) is 24.6 Å². The lowest BCUT2D eigenvalue weighted by molar-refractivity contribution is 0.0995. The second kappa shape index (κ2) is 6.89. The van der Waals surface area contributed by atoms with Gasteiger partial charge in [0.25, 0.3) is 10.2 Å². The lowest BCUT2D eigenvalue weighted by Gasteiger charge is -2.20. The molecule has 5 nitrogen and oxygen atoms in total. The number of ketones is 1. The average Bonchev–Trinajstić information content (AvgIpc) is 3.28. The summed E-state index contributed by atoms with van der Waals surface area (Å²) in [6, 6.07) is 5.61. The Morgan fingerprint density at radius 1 is 1.32 bits per heavy atom. The molecule has 0 unspecified atom stereocenters. The fourth-order valence-corrected chi connectivity index (χ4v) is 3.61. The normalized spacial score (nSPS) is 15.3. The molecule has 0 saturated heterocycles. The van der Waals surface area contributed by atoms with E-state index < -0.39 is 10.2 Å². The van der Waals surface area contributed by atoms with Crippen LogP contribution in [0.25, 0.3) is 0 Å². The SMILES string of the molecule is CCN(CC1CC1)S(=O)(=O)NCC(=O)c1cc(C)ccc1C. The van der Waals surface area contributed by atoms with Crippen LogP contribution < -0.4 is 4.72 Å². The van der Waals surface area contributed by atoms with Crippen LogP contribution in [-0.4, -0.2) is 38.1 Å². The van der Waals surface area contributed by atoms with Crippen molar-refractivity contribution < 1.29 is 13.2 Å². The Kier molecular flexibility index (Phi) is 5.36. The minimum atomic E-state index is -3.59. The molecule has 2 rings (SSSR count). The van der Waals surface area contributed by atoms with Crippen LogP contribution in [0.15, 0.2) is 18.2 Å². The molecule has 0 radical (unpaired) electrons. The number of carbonyl (C=O) groups excluding carboxylic acids is 1. The Morgan fingerprint density at radius 2 is 2.00 bits per heavy atom. The standard InChI is InChI=1S/C16H24N2O3S/c1-4-18(11-14-7-8-14)22(20,21)17-10-16(19)15-9-12(2)5-6-13(15)3/h5-6,9,14,17H,4,7-8,10-11H2,1-3H3. The summed E-state index contributed by atoms with van der Waals surface area (Å²) in [5, 5.41) is 0. The number of aryl methyl sites for hydroxylation is 2. The highest BCUT2D eigenvalue weighted by atomic mass is 32.2. The first-order valence-corrected chi connectivity index (χ1v) is 9.12. The third-order valence-corrected chi connectivity index (χ3v) is 5.56. The average molecular weight is 324 g/mol. The number of hydrogen-bond donors (Lipinski definition) is 1. The molecule has 1 aliphatic rings. The number of nitrogens with zero attached hydrogens (tertiary/aromatic N) is 1. The first-order valence-electron chi connectivity index (χ1n) is 7.68. The van der Waals surface area contributed by atoms with Crippen molar-refractivity contribution in [1.29, 1.82) is 0 Å². The maximum absolute atomic E-state index is 12.3. The largest absolute Gasteiger partial charge is 0.293 e. The highest BCUT2D eigenvalue weighted by Gasteiger charge is 2.29. The number of nitrogens with one attached hydrogen (secondary N) is 1. The molecule has 1 saturated carbocycles. The number of rotatable bonds is 8. The Bertz CT molecular complexity index is 651. The Balaban J connectivity index is 2.01. The van der Waals surface area contributed by atoms with E-state index in [4.69, 9.17) is 0 Å². The Morgan fingerprint density at radius 3 is 2.59 bits per heavy atom. The van der Waals surface area contributed by atoms with Gasteiger partial charge in [-0.1, -0.05) is 24.6 Å². The summed E-state index contributed by atoms with van der Waals surface area (Å²) in [6.07, 6.45) is 2.18. The molecule has 1 aliphatic carbocycles. The van der Waals surface area contributed by atoms with Gasteiger partial charge < -0.3 is 0 Å². The molecule has 1 N–H and O–H groups in total. The molecule has 0 bridgehead atoms. The van der Waals surface area contributed by atoms with E-state index in [-0.39, 0.29) is 12.3 Å². The summed E-state index contributed by atoms with van der Waals surface area (Å²) in [7, 11) is -3.59. The highest BCUT2D eigenvalue weighted by Crippen LogP contribution is 2.30. The minimum absolute atomic E-state index is 0.201. The van der Waals surface area contributed by atoms with Crippen LogP contribution >= 0.6 is 0 Å². The van der Waals surface area contributed by atoms with Gasteiger partial charge in [-0.05, 0) is 44.2 Å². The van der Waals surface area contributed by atoms with Crippen molar-refractivity contribution in [2.75, 3.05) is 19.6 Å². The van der Waals surface area contributed by atoms with Gasteiger partial charge in [-0.2, -0.15) is 17.4 Å². The van der Waals surface area contributed by atoms with Crippen LogP contribution in [0.3, 0.4) is 0 Å². The second-order valence-electron chi connectivity index (χ2n) is 5.96. The van der Waals surface area contributed by atoms with Crippen LogP contribution in [0.4, 0.5) is 0 Å². The zero-order valence-electron chi connectivity index (χ0n) is 13.4. The van der Waals surface area contributed by atoms with Crippen molar-refractivity contribution in [1.82, 2.24) is 9.03 Å². The van der Waals surface area contributed by atoms with Crippen molar-refractivity contribution in [3.8, 4) is 0 Å². The van der Waals surface area contributed by atoms with Gasteiger partial charge in [0.1, 0.15) is 0 Å². The number of hydrogen-bond acceptors (Lipinski definition) is 3. The fraction of sp³-hybridized carbons (Fsp3) is 0.562. The summed E-state index contributed by atoms with van der Waals surface area (Å²) < 4.78 is 28.4. The predicted octanol–water partition coefficient (Wildman–Crippen LogP) is 2.05. The van der Waals surface area contributed by atoms with Crippen LogP contribution in [0, 0.1) is 19.8 Å². The minimum Gasteiger partial charge on any atom is -0.293 e. The quantitative estimate of drug-likeness (QED) is 0.744. The Hall–Kier alpha value is -1.24. The van der Waals surface area contributed by atoms with Gasteiger partial charge >= 0.3 is 0 Å². The van der Waals surface area contributed by atoms with Crippen molar-refractivity contribution >= 4 is 16.0 Å². The zero-order valence-corrected chi connectivity index (χ0v) is 14.2. The molecule has 0 amide bonds. The van der Waals surface area contributed by atoms with Crippen molar-refractivity contribution in [2.45, 2.75) is 33.6 Å². The van der Waals surface area contributed by atoms with Crippen molar-refractivity contribution in [3.63, 3.8) is 0 Å². The molecule has 0 heterocycles. The predicted molar refractivity (Wildman–Crippen MR) is 87.1 cm³/mol. The lowest BCUT2D eigenvalue weighted by Crippen LogP contribution is -2.43. The topological polar surface area (TPSA) is 66.5 Å². The van der Waals surface area contributed by atoms with E-state index >= 15 is 0 Å². The van der Waals surface area contributed by atoms with Gasteiger partial charge in [0, 0.05) is 18.7 Å². The first kappa shape index (κ1) is 17.1. The monoisotopic (exact) mass is 324 g/mol. The molecule has 0 atom stereocenters. The summed E-state index contributed by atoms with van der Waals surface area (Å²) in [5.41, 5.74) is 2.42. The van der Waals surface area contributed by atoms with Crippen LogP contribution in [0.5, 0.6) is 0 Å². The Labute approximate surface area is 132 Å². The maximum Gasteiger partial charge on any atom is 0.279 e. The number of benzene rings is 1. The van der Waals surface area contributed by atoms with Crippen LogP contribution in [-0.2, 0) is 10.2 Å². The van der Waals surface area contributed by atoms with Gasteiger partial charge in [0.05, 0.1) is 6.54 Å². The second-order valence-corrected chi connectivity index (χ2v) is 7.72. The third kappa shape index (κ3) is 4.38. The van der Waals surface area contributed by atoms with Gasteiger partial charge in [-0.3, -0.25) is 4.79 Å². The molecule has 22 heavy (non-hydrogen) atoms. The van der Waals surface area contributed by atoms with Crippen LogP contribution in [0.1, 0.15) is 41.3 Å². The maximum atomic E-state index is 12.3. The van der Waals surface area contributed by atoms with Gasteiger partial charge in [-0.25, -0.2) is 0 Å². The summed E-state index contributed by atoms with van der Waals surface area (Å²) in [5.74, 6) is 0.276. The summed E-state index contributed by atoms with van der Waals surface area (Å²) >= 11 is 0. The van der Waals surface area contributed by atoms with E-state index in [1.165, 1.54) is 4.31 Å². The van der Waals surface area contributed by atoms with Gasteiger partial charge in [-0.15, -0.1) is 0 Å². The molecule has 0 spiro atoms. The molecule has 0 aliphatic heterocycles. The molecule has 0 aromatic heterocycles. The smallest absolute Gasteiger partial charge is 0.279 e. The molecule has 1 aromatic rings. The zero-order chi connectivity index (χ0) is 16.3. The van der Waals surface area contributed by atoms with Crippen molar-refractivity contribution in [3.05, 3.63) is 34.9 Å². The fourth-order valence-electron chi connectivity index (χ4n) is 2.37. The molecule has 1 fully saturated rings. The summed E-state index contributed by atoms with van der Waals surface area (Å²) in [6.45, 7) is 6.34. The van der Waals surface area contributed by atoms with Gasteiger partial charge in [0.15, 0.2) is 5.78 Å². The van der Waals surface area contributed by atoms with Crippen LogP contribution in [0.2, 0.25) is 0 Å². The first-order chi connectivity index (χ1) is 10.3.